The molecule has 0 radical (unpaired) electrons. The molecule has 1 amide bonds. The number of benzene rings is 2. The number of carbonyl (C=O) groups excluding carboxylic acids is 2. The predicted octanol–water partition coefficient (Wildman–Crippen LogP) is 3.74. The minimum atomic E-state index is -0.574. The molecular formula is C21H25NO3. The van der Waals surface area contributed by atoms with Crippen molar-refractivity contribution in [2.45, 2.75) is 39.2 Å². The molecule has 1 unspecified atom stereocenters. The number of ether oxygens (including phenoxy) is 1. The number of rotatable bonds is 7. The van der Waals surface area contributed by atoms with E-state index in [9.17, 15) is 9.59 Å². The standard InChI is InChI=1S/C21H25NO3/c1-16(23)22-21(3,15-25-17(2)24)14-13-18-9-11-20(12-10-18)19-7-5-4-6-8-19/h4-12H,13-15H2,1-3H3,(H,22,23). The highest BCUT2D eigenvalue weighted by atomic mass is 16.5. The molecule has 0 fully saturated rings. The Morgan fingerprint density at radius 1 is 0.960 bits per heavy atom. The summed E-state index contributed by atoms with van der Waals surface area (Å²) < 4.78 is 5.12. The molecule has 2 aromatic rings. The average Bonchev–Trinajstić information content (AvgIpc) is 2.59. The Morgan fingerprint density at radius 3 is 2.12 bits per heavy atom. The molecule has 0 aliphatic carbocycles. The summed E-state index contributed by atoms with van der Waals surface area (Å²) in [5, 5.41) is 2.90. The van der Waals surface area contributed by atoms with Crippen LogP contribution in [0.15, 0.2) is 54.6 Å². The molecule has 25 heavy (non-hydrogen) atoms. The lowest BCUT2D eigenvalue weighted by molar-refractivity contribution is -0.144. The van der Waals surface area contributed by atoms with Gasteiger partial charge in [-0.3, -0.25) is 9.59 Å². The molecular weight excluding hydrogens is 314 g/mol. The van der Waals surface area contributed by atoms with Gasteiger partial charge < -0.3 is 10.1 Å². The number of hydrogen-bond acceptors (Lipinski definition) is 3. The molecule has 0 heterocycles. The number of hydrogen-bond donors (Lipinski definition) is 1. The van der Waals surface area contributed by atoms with Crippen LogP contribution in [0.4, 0.5) is 0 Å². The number of carbonyl (C=O) groups is 2. The fourth-order valence-electron chi connectivity index (χ4n) is 2.77. The van der Waals surface area contributed by atoms with Gasteiger partial charge in [-0.2, -0.15) is 0 Å². The summed E-state index contributed by atoms with van der Waals surface area (Å²) >= 11 is 0. The van der Waals surface area contributed by atoms with Crippen molar-refractivity contribution < 1.29 is 14.3 Å². The van der Waals surface area contributed by atoms with E-state index < -0.39 is 5.54 Å². The van der Waals surface area contributed by atoms with Crippen LogP contribution in [-0.2, 0) is 20.7 Å². The summed E-state index contributed by atoms with van der Waals surface area (Å²) in [6.45, 7) is 4.91. The first kappa shape index (κ1) is 18.7. The van der Waals surface area contributed by atoms with E-state index in [4.69, 9.17) is 4.74 Å². The first-order valence-corrected chi connectivity index (χ1v) is 8.44. The highest BCUT2D eigenvalue weighted by molar-refractivity contribution is 5.74. The molecule has 4 heteroatoms. The molecule has 1 atom stereocenters. The topological polar surface area (TPSA) is 55.4 Å². The predicted molar refractivity (Wildman–Crippen MR) is 99.1 cm³/mol. The molecule has 132 valence electrons. The molecule has 0 bridgehead atoms. The van der Waals surface area contributed by atoms with Crippen molar-refractivity contribution in [2.75, 3.05) is 6.61 Å². The molecule has 0 saturated heterocycles. The first-order chi connectivity index (χ1) is 11.9. The minimum Gasteiger partial charge on any atom is -0.463 e. The number of nitrogens with one attached hydrogen (secondary N) is 1. The Hall–Kier alpha value is -2.62. The zero-order valence-corrected chi connectivity index (χ0v) is 15.0. The zero-order valence-electron chi connectivity index (χ0n) is 15.0. The number of aryl methyl sites for hydroxylation is 1. The quantitative estimate of drug-likeness (QED) is 0.782. The lowest BCUT2D eigenvalue weighted by Crippen LogP contribution is -2.49. The van der Waals surface area contributed by atoms with Crippen LogP contribution < -0.4 is 5.32 Å². The molecule has 0 aromatic heterocycles. The van der Waals surface area contributed by atoms with Gasteiger partial charge in [0, 0.05) is 13.8 Å². The summed E-state index contributed by atoms with van der Waals surface area (Å²) in [5.41, 5.74) is 2.97. The van der Waals surface area contributed by atoms with Gasteiger partial charge in [-0.25, -0.2) is 0 Å². The fourth-order valence-corrected chi connectivity index (χ4v) is 2.77. The van der Waals surface area contributed by atoms with Crippen molar-refractivity contribution >= 4 is 11.9 Å². The van der Waals surface area contributed by atoms with Gasteiger partial charge in [0.1, 0.15) is 6.61 Å². The van der Waals surface area contributed by atoms with E-state index in [0.717, 1.165) is 6.42 Å². The number of esters is 1. The third-order valence-corrected chi connectivity index (χ3v) is 4.10. The summed E-state index contributed by atoms with van der Waals surface area (Å²) in [4.78, 5) is 22.6. The van der Waals surface area contributed by atoms with Crippen molar-refractivity contribution in [2.24, 2.45) is 0 Å². The van der Waals surface area contributed by atoms with E-state index in [-0.39, 0.29) is 18.5 Å². The van der Waals surface area contributed by atoms with E-state index in [1.165, 1.54) is 30.5 Å². The lowest BCUT2D eigenvalue weighted by Gasteiger charge is -2.30. The van der Waals surface area contributed by atoms with Crippen molar-refractivity contribution in [1.29, 1.82) is 0 Å². The van der Waals surface area contributed by atoms with Crippen LogP contribution in [0, 0.1) is 0 Å². The Labute approximate surface area is 149 Å². The van der Waals surface area contributed by atoms with E-state index in [0.29, 0.717) is 6.42 Å². The molecule has 0 aliphatic heterocycles. The molecule has 0 saturated carbocycles. The number of amides is 1. The van der Waals surface area contributed by atoms with Gasteiger partial charge in [0.2, 0.25) is 5.91 Å². The third-order valence-electron chi connectivity index (χ3n) is 4.10. The van der Waals surface area contributed by atoms with E-state index in [1.54, 1.807) is 0 Å². The van der Waals surface area contributed by atoms with Crippen LogP contribution in [0.2, 0.25) is 0 Å². The van der Waals surface area contributed by atoms with Gasteiger partial charge in [-0.1, -0.05) is 54.6 Å². The summed E-state index contributed by atoms with van der Waals surface area (Å²) in [6, 6.07) is 18.6. The van der Waals surface area contributed by atoms with Crippen LogP contribution in [0.25, 0.3) is 11.1 Å². The largest absolute Gasteiger partial charge is 0.463 e. The van der Waals surface area contributed by atoms with Gasteiger partial charge >= 0.3 is 5.97 Å². The average molecular weight is 339 g/mol. The Morgan fingerprint density at radius 2 is 1.56 bits per heavy atom. The van der Waals surface area contributed by atoms with Crippen molar-refractivity contribution in [1.82, 2.24) is 5.32 Å². The zero-order chi connectivity index (χ0) is 18.3. The summed E-state index contributed by atoms with van der Waals surface area (Å²) in [6.07, 6.45) is 1.47. The second kappa shape index (κ2) is 8.47. The Kier molecular flexibility index (Phi) is 6.34. The minimum absolute atomic E-state index is 0.130. The van der Waals surface area contributed by atoms with Crippen LogP contribution >= 0.6 is 0 Å². The molecule has 1 N–H and O–H groups in total. The lowest BCUT2D eigenvalue weighted by atomic mass is 9.93. The summed E-state index contributed by atoms with van der Waals surface area (Å²) in [7, 11) is 0. The van der Waals surface area contributed by atoms with Gasteiger partial charge in [0.05, 0.1) is 5.54 Å². The van der Waals surface area contributed by atoms with Gasteiger partial charge in [-0.15, -0.1) is 0 Å². The van der Waals surface area contributed by atoms with Crippen molar-refractivity contribution in [3.8, 4) is 11.1 Å². The highest BCUT2D eigenvalue weighted by Gasteiger charge is 2.26. The fraction of sp³-hybridized carbons (Fsp3) is 0.333. The maximum atomic E-state index is 11.5. The molecule has 0 aliphatic rings. The second-order valence-corrected chi connectivity index (χ2v) is 6.59. The highest BCUT2D eigenvalue weighted by Crippen LogP contribution is 2.21. The molecule has 2 rings (SSSR count). The van der Waals surface area contributed by atoms with Crippen LogP contribution in [0.3, 0.4) is 0 Å². The normalized spacial score (nSPS) is 12.9. The molecule has 4 nitrogen and oxygen atoms in total. The SMILES string of the molecule is CC(=O)NC(C)(CCc1ccc(-c2ccccc2)cc1)COC(C)=O. The summed E-state index contributed by atoms with van der Waals surface area (Å²) in [5.74, 6) is -0.474. The second-order valence-electron chi connectivity index (χ2n) is 6.59. The molecule has 2 aromatic carbocycles. The van der Waals surface area contributed by atoms with E-state index >= 15 is 0 Å². The maximum Gasteiger partial charge on any atom is 0.302 e. The first-order valence-electron chi connectivity index (χ1n) is 8.44. The van der Waals surface area contributed by atoms with Crippen molar-refractivity contribution in [3.63, 3.8) is 0 Å². The van der Waals surface area contributed by atoms with Crippen LogP contribution in [-0.4, -0.2) is 24.0 Å². The van der Waals surface area contributed by atoms with Gasteiger partial charge in [-0.05, 0) is 36.5 Å². The Bertz CT molecular complexity index is 710. The monoisotopic (exact) mass is 339 g/mol. The maximum absolute atomic E-state index is 11.5. The molecule has 0 spiro atoms. The smallest absolute Gasteiger partial charge is 0.302 e. The Balaban J connectivity index is 2.02. The van der Waals surface area contributed by atoms with Crippen LogP contribution in [0.1, 0.15) is 32.8 Å². The van der Waals surface area contributed by atoms with E-state index in [1.807, 2.05) is 25.1 Å². The van der Waals surface area contributed by atoms with Crippen LogP contribution in [0.5, 0.6) is 0 Å². The van der Waals surface area contributed by atoms with Gasteiger partial charge in [0.15, 0.2) is 0 Å². The van der Waals surface area contributed by atoms with E-state index in [2.05, 4.69) is 41.7 Å². The van der Waals surface area contributed by atoms with Gasteiger partial charge in [0.25, 0.3) is 0 Å². The van der Waals surface area contributed by atoms with Crippen molar-refractivity contribution in [3.05, 3.63) is 60.2 Å². The third kappa shape index (κ3) is 6.07.